The van der Waals surface area contributed by atoms with E-state index in [1.807, 2.05) is 13.0 Å². The van der Waals surface area contributed by atoms with Crippen LogP contribution in [0.4, 0.5) is 0 Å². The number of nitrogens with one attached hydrogen (secondary N) is 1. The second-order valence-electron chi connectivity index (χ2n) is 3.10. The maximum atomic E-state index is 11.3. The number of fused-ring (bicyclic) bond motifs is 1. The molecular weight excluding hydrogens is 176 g/mol. The van der Waals surface area contributed by atoms with E-state index in [9.17, 15) is 4.79 Å². The van der Waals surface area contributed by atoms with Crippen molar-refractivity contribution in [3.05, 3.63) is 39.8 Å². The Morgan fingerprint density at radius 3 is 3.00 bits per heavy atom. The first-order valence-electron chi connectivity index (χ1n) is 4.17. The molecule has 0 atom stereocenters. The fourth-order valence-corrected chi connectivity index (χ4v) is 1.29. The first-order valence-corrected chi connectivity index (χ1v) is 4.17. The Hall–Kier alpha value is -2.08. The third-order valence-electron chi connectivity index (χ3n) is 1.98. The van der Waals surface area contributed by atoms with E-state index in [1.54, 1.807) is 12.3 Å². The molecule has 3 heteroatoms. The van der Waals surface area contributed by atoms with Crippen LogP contribution in [0.25, 0.3) is 11.0 Å². The van der Waals surface area contributed by atoms with Crippen LogP contribution in [0.1, 0.15) is 11.1 Å². The second kappa shape index (κ2) is 3.00. The molecule has 0 bridgehead atoms. The number of aromatic nitrogens is 2. The highest BCUT2D eigenvalue weighted by Gasteiger charge is 2.00. The van der Waals surface area contributed by atoms with Crippen LogP contribution in [0.3, 0.4) is 0 Å². The Morgan fingerprint density at radius 2 is 2.29 bits per heavy atom. The third kappa shape index (κ3) is 1.27. The largest absolute Gasteiger partial charge is 0.320 e. The monoisotopic (exact) mass is 184 g/mol. The predicted octanol–water partition coefficient (Wildman–Crippen LogP) is 1.21. The van der Waals surface area contributed by atoms with Crippen LogP contribution < -0.4 is 5.56 Å². The second-order valence-corrected chi connectivity index (χ2v) is 3.10. The number of aryl methyl sites for hydroxylation is 1. The van der Waals surface area contributed by atoms with E-state index in [0.29, 0.717) is 16.6 Å². The molecule has 0 spiro atoms. The van der Waals surface area contributed by atoms with Gasteiger partial charge in [-0.25, -0.2) is 0 Å². The van der Waals surface area contributed by atoms with Crippen LogP contribution in [0.2, 0.25) is 0 Å². The van der Waals surface area contributed by atoms with Crippen LogP contribution in [-0.4, -0.2) is 9.97 Å². The minimum atomic E-state index is -0.243. The van der Waals surface area contributed by atoms with Crippen LogP contribution in [-0.2, 0) is 0 Å². The van der Waals surface area contributed by atoms with Gasteiger partial charge in [0, 0.05) is 6.20 Å². The fraction of sp³-hybridized carbons (Fsp3) is 0.0909. The molecule has 2 aromatic heterocycles. The smallest absolute Gasteiger partial charge is 0.264 e. The number of hydrogen-bond donors (Lipinski definition) is 1. The number of rotatable bonds is 0. The van der Waals surface area contributed by atoms with Crippen molar-refractivity contribution in [3.8, 4) is 12.3 Å². The van der Waals surface area contributed by atoms with E-state index >= 15 is 0 Å². The van der Waals surface area contributed by atoms with Crippen molar-refractivity contribution in [1.29, 1.82) is 0 Å². The molecule has 0 aliphatic heterocycles. The van der Waals surface area contributed by atoms with Crippen molar-refractivity contribution in [3.63, 3.8) is 0 Å². The van der Waals surface area contributed by atoms with Gasteiger partial charge in [0.1, 0.15) is 0 Å². The van der Waals surface area contributed by atoms with Crippen LogP contribution in [0, 0.1) is 19.3 Å². The minimum absolute atomic E-state index is 0.243. The Labute approximate surface area is 80.8 Å². The number of pyridine rings is 2. The van der Waals surface area contributed by atoms with Crippen LogP contribution in [0.15, 0.2) is 23.1 Å². The zero-order valence-corrected chi connectivity index (χ0v) is 7.66. The van der Waals surface area contributed by atoms with Crippen molar-refractivity contribution >= 4 is 11.0 Å². The Balaban J connectivity index is 2.88. The molecule has 2 rings (SSSR count). The van der Waals surface area contributed by atoms with Gasteiger partial charge in [-0.15, -0.1) is 6.42 Å². The maximum absolute atomic E-state index is 11.3. The third-order valence-corrected chi connectivity index (χ3v) is 1.98. The fourth-order valence-electron chi connectivity index (χ4n) is 1.29. The molecule has 0 aromatic carbocycles. The number of H-pyrrole nitrogens is 1. The van der Waals surface area contributed by atoms with E-state index < -0.39 is 0 Å². The standard InChI is InChI=1S/C11H8N2O/c1-3-8-5-9-10(13-11(8)14)4-7(2)6-12-9/h1,4-6H,2H3,(H,13,14). The molecule has 0 aliphatic rings. The highest BCUT2D eigenvalue weighted by molar-refractivity contribution is 5.75. The quantitative estimate of drug-likeness (QED) is 0.625. The van der Waals surface area contributed by atoms with E-state index in [0.717, 1.165) is 5.56 Å². The summed E-state index contributed by atoms with van der Waals surface area (Å²) >= 11 is 0. The molecule has 0 fully saturated rings. The zero-order valence-electron chi connectivity index (χ0n) is 7.66. The molecule has 0 amide bonds. The first-order chi connectivity index (χ1) is 6.70. The molecular formula is C11H8N2O. The Morgan fingerprint density at radius 1 is 1.50 bits per heavy atom. The molecule has 0 aliphatic carbocycles. The Bertz CT molecular complexity index is 590. The summed E-state index contributed by atoms with van der Waals surface area (Å²) in [5, 5.41) is 0. The van der Waals surface area contributed by atoms with Gasteiger partial charge >= 0.3 is 0 Å². The molecule has 0 unspecified atom stereocenters. The van der Waals surface area contributed by atoms with Gasteiger partial charge < -0.3 is 4.98 Å². The van der Waals surface area contributed by atoms with E-state index in [-0.39, 0.29) is 5.56 Å². The first kappa shape index (κ1) is 8.52. The van der Waals surface area contributed by atoms with Gasteiger partial charge in [-0.2, -0.15) is 0 Å². The van der Waals surface area contributed by atoms with Gasteiger partial charge in [-0.3, -0.25) is 9.78 Å². The minimum Gasteiger partial charge on any atom is -0.320 e. The molecule has 1 N–H and O–H groups in total. The highest BCUT2D eigenvalue weighted by Crippen LogP contribution is 2.08. The summed E-state index contributed by atoms with van der Waals surface area (Å²) in [4.78, 5) is 18.2. The lowest BCUT2D eigenvalue weighted by molar-refractivity contribution is 1.24. The van der Waals surface area contributed by atoms with E-state index in [4.69, 9.17) is 6.42 Å². The van der Waals surface area contributed by atoms with Crippen molar-refractivity contribution in [2.45, 2.75) is 6.92 Å². The van der Waals surface area contributed by atoms with E-state index in [2.05, 4.69) is 15.9 Å². The Kier molecular flexibility index (Phi) is 1.83. The lowest BCUT2D eigenvalue weighted by atomic mass is 10.2. The van der Waals surface area contributed by atoms with Gasteiger partial charge in [0.15, 0.2) is 0 Å². The van der Waals surface area contributed by atoms with Crippen LogP contribution in [0.5, 0.6) is 0 Å². The summed E-state index contributed by atoms with van der Waals surface area (Å²) in [7, 11) is 0. The van der Waals surface area contributed by atoms with Crippen molar-refractivity contribution in [2.24, 2.45) is 0 Å². The topological polar surface area (TPSA) is 45.8 Å². The molecule has 2 aromatic rings. The summed E-state index contributed by atoms with van der Waals surface area (Å²) in [5.74, 6) is 2.32. The maximum Gasteiger partial charge on any atom is 0.264 e. The number of aromatic amines is 1. The number of terminal acetylenes is 1. The average Bonchev–Trinajstić information content (AvgIpc) is 2.16. The molecule has 2 heterocycles. The molecule has 0 saturated carbocycles. The van der Waals surface area contributed by atoms with Gasteiger partial charge in [-0.05, 0) is 24.6 Å². The summed E-state index contributed by atoms with van der Waals surface area (Å²) in [5.41, 5.74) is 2.50. The predicted molar refractivity (Wildman–Crippen MR) is 55.0 cm³/mol. The van der Waals surface area contributed by atoms with Gasteiger partial charge in [-0.1, -0.05) is 5.92 Å². The highest BCUT2D eigenvalue weighted by atomic mass is 16.1. The number of nitrogens with zero attached hydrogens (tertiary/aromatic N) is 1. The van der Waals surface area contributed by atoms with Gasteiger partial charge in [0.05, 0.1) is 16.6 Å². The molecule has 14 heavy (non-hydrogen) atoms. The molecule has 68 valence electrons. The summed E-state index contributed by atoms with van der Waals surface area (Å²) in [6.07, 6.45) is 6.91. The summed E-state index contributed by atoms with van der Waals surface area (Å²) in [6, 6.07) is 3.48. The normalized spacial score (nSPS) is 10.0. The average molecular weight is 184 g/mol. The summed E-state index contributed by atoms with van der Waals surface area (Å²) in [6.45, 7) is 1.92. The lowest BCUT2D eigenvalue weighted by Gasteiger charge is -1.98. The van der Waals surface area contributed by atoms with Crippen LogP contribution >= 0.6 is 0 Å². The zero-order chi connectivity index (χ0) is 10.1. The lowest BCUT2D eigenvalue weighted by Crippen LogP contribution is -2.09. The van der Waals surface area contributed by atoms with Gasteiger partial charge in [0.2, 0.25) is 0 Å². The molecule has 0 saturated heterocycles. The SMILES string of the molecule is C#Cc1cc2ncc(C)cc2[nH]c1=O. The number of hydrogen-bond acceptors (Lipinski definition) is 2. The van der Waals surface area contributed by atoms with Crippen molar-refractivity contribution in [1.82, 2.24) is 9.97 Å². The van der Waals surface area contributed by atoms with E-state index in [1.165, 1.54) is 0 Å². The van der Waals surface area contributed by atoms with Crippen molar-refractivity contribution < 1.29 is 0 Å². The molecule has 0 radical (unpaired) electrons. The molecule has 3 nitrogen and oxygen atoms in total. The van der Waals surface area contributed by atoms with Crippen molar-refractivity contribution in [2.75, 3.05) is 0 Å². The van der Waals surface area contributed by atoms with Gasteiger partial charge in [0.25, 0.3) is 5.56 Å². The summed E-state index contributed by atoms with van der Waals surface area (Å²) < 4.78 is 0.